The van der Waals surface area contributed by atoms with Gasteiger partial charge in [0, 0.05) is 5.56 Å². The zero-order valence-corrected chi connectivity index (χ0v) is 11.9. The maximum Gasteiger partial charge on any atom is 0.326 e. The predicted octanol–water partition coefficient (Wildman–Crippen LogP) is 1.83. The van der Waals surface area contributed by atoms with Crippen molar-refractivity contribution >= 4 is 11.9 Å². The van der Waals surface area contributed by atoms with Crippen molar-refractivity contribution in [3.8, 4) is 11.5 Å². The zero-order valence-electron chi connectivity index (χ0n) is 11.9. The molecule has 6 heteroatoms. The van der Waals surface area contributed by atoms with Gasteiger partial charge >= 0.3 is 5.97 Å². The van der Waals surface area contributed by atoms with Gasteiger partial charge in [-0.1, -0.05) is 19.8 Å². The van der Waals surface area contributed by atoms with E-state index >= 15 is 0 Å². The van der Waals surface area contributed by atoms with Crippen LogP contribution < -0.4 is 14.8 Å². The molecule has 0 saturated carbocycles. The molecular weight excluding hydrogens is 274 g/mol. The molecule has 1 heterocycles. The highest BCUT2D eigenvalue weighted by atomic mass is 16.6. The highest BCUT2D eigenvalue weighted by Crippen LogP contribution is 2.30. The first-order valence-corrected chi connectivity index (χ1v) is 7.05. The van der Waals surface area contributed by atoms with Crippen LogP contribution >= 0.6 is 0 Å². The average molecular weight is 293 g/mol. The molecule has 2 N–H and O–H groups in total. The Bertz CT molecular complexity index is 529. The van der Waals surface area contributed by atoms with Gasteiger partial charge in [0.1, 0.15) is 19.3 Å². The number of carbonyl (C=O) groups excluding carboxylic acids is 1. The number of aliphatic carboxylic acids is 1. The highest BCUT2D eigenvalue weighted by Gasteiger charge is 2.21. The highest BCUT2D eigenvalue weighted by molar-refractivity contribution is 5.97. The topological polar surface area (TPSA) is 84.9 Å². The smallest absolute Gasteiger partial charge is 0.326 e. The Kier molecular flexibility index (Phi) is 5.03. The van der Waals surface area contributed by atoms with Crippen molar-refractivity contribution in [2.75, 3.05) is 13.2 Å². The molecule has 1 aliphatic heterocycles. The molecular formula is C15H19NO5. The van der Waals surface area contributed by atoms with Gasteiger partial charge in [-0.15, -0.1) is 0 Å². The first kappa shape index (κ1) is 15.2. The van der Waals surface area contributed by atoms with Crippen LogP contribution in [0.25, 0.3) is 0 Å². The second-order valence-corrected chi connectivity index (χ2v) is 4.86. The summed E-state index contributed by atoms with van der Waals surface area (Å²) in [5, 5.41) is 11.7. The normalized spacial score (nSPS) is 14.3. The van der Waals surface area contributed by atoms with Crippen molar-refractivity contribution in [2.45, 2.75) is 32.2 Å². The second-order valence-electron chi connectivity index (χ2n) is 4.86. The summed E-state index contributed by atoms with van der Waals surface area (Å²) in [7, 11) is 0. The number of ether oxygens (including phenoxy) is 2. The summed E-state index contributed by atoms with van der Waals surface area (Å²) in [5.74, 6) is -0.335. The van der Waals surface area contributed by atoms with Gasteiger partial charge in [-0.05, 0) is 24.6 Å². The van der Waals surface area contributed by atoms with Gasteiger partial charge in [-0.25, -0.2) is 4.79 Å². The molecule has 0 saturated heterocycles. The monoisotopic (exact) mass is 293 g/mol. The Morgan fingerprint density at radius 1 is 1.29 bits per heavy atom. The Balaban J connectivity index is 2.06. The first-order valence-electron chi connectivity index (χ1n) is 7.05. The molecule has 114 valence electrons. The number of amides is 1. The van der Waals surface area contributed by atoms with E-state index in [1.807, 2.05) is 6.92 Å². The molecule has 1 aliphatic rings. The van der Waals surface area contributed by atoms with Gasteiger partial charge in [0.05, 0.1) is 0 Å². The quantitative estimate of drug-likeness (QED) is 0.836. The molecule has 1 aromatic rings. The molecule has 0 aliphatic carbocycles. The molecule has 1 aromatic carbocycles. The number of benzene rings is 1. The number of nitrogens with one attached hydrogen (secondary N) is 1. The number of carbonyl (C=O) groups is 2. The summed E-state index contributed by atoms with van der Waals surface area (Å²) in [4.78, 5) is 23.3. The van der Waals surface area contributed by atoms with E-state index in [-0.39, 0.29) is 0 Å². The average Bonchev–Trinajstić information content (AvgIpc) is 2.50. The van der Waals surface area contributed by atoms with Gasteiger partial charge in [0.15, 0.2) is 11.5 Å². The lowest BCUT2D eigenvalue weighted by Gasteiger charge is -2.19. The third-order valence-electron chi connectivity index (χ3n) is 3.25. The van der Waals surface area contributed by atoms with Crippen LogP contribution in [0.15, 0.2) is 18.2 Å². The van der Waals surface area contributed by atoms with E-state index in [1.165, 1.54) is 0 Å². The van der Waals surface area contributed by atoms with Crippen molar-refractivity contribution in [1.29, 1.82) is 0 Å². The number of fused-ring (bicyclic) bond motifs is 1. The number of hydrogen-bond acceptors (Lipinski definition) is 4. The molecule has 0 spiro atoms. The zero-order chi connectivity index (χ0) is 15.2. The van der Waals surface area contributed by atoms with Crippen LogP contribution in [0.3, 0.4) is 0 Å². The van der Waals surface area contributed by atoms with Crippen LogP contribution in [-0.2, 0) is 4.79 Å². The van der Waals surface area contributed by atoms with E-state index < -0.39 is 17.9 Å². The fraction of sp³-hybridized carbons (Fsp3) is 0.467. The largest absolute Gasteiger partial charge is 0.486 e. The molecule has 0 radical (unpaired) electrons. The van der Waals surface area contributed by atoms with Gasteiger partial charge in [0.2, 0.25) is 0 Å². The van der Waals surface area contributed by atoms with Crippen molar-refractivity contribution in [3.63, 3.8) is 0 Å². The third kappa shape index (κ3) is 3.87. The lowest BCUT2D eigenvalue weighted by Crippen LogP contribution is -2.40. The lowest BCUT2D eigenvalue weighted by molar-refractivity contribution is -0.139. The first-order chi connectivity index (χ1) is 10.1. The predicted molar refractivity (Wildman–Crippen MR) is 75.8 cm³/mol. The van der Waals surface area contributed by atoms with Gasteiger partial charge < -0.3 is 19.9 Å². The molecule has 0 unspecified atom stereocenters. The minimum absolute atomic E-state index is 0.363. The summed E-state index contributed by atoms with van der Waals surface area (Å²) in [6, 6.07) is 3.96. The van der Waals surface area contributed by atoms with E-state index in [0.29, 0.717) is 36.7 Å². The molecule has 1 amide bonds. The van der Waals surface area contributed by atoms with E-state index in [1.54, 1.807) is 18.2 Å². The minimum Gasteiger partial charge on any atom is -0.486 e. The van der Waals surface area contributed by atoms with Crippen LogP contribution in [0, 0.1) is 0 Å². The number of carboxylic acids is 1. The minimum atomic E-state index is -1.02. The van der Waals surface area contributed by atoms with E-state index in [4.69, 9.17) is 14.6 Å². The molecule has 6 nitrogen and oxygen atoms in total. The van der Waals surface area contributed by atoms with Gasteiger partial charge in [-0.2, -0.15) is 0 Å². The molecule has 2 rings (SSSR count). The van der Waals surface area contributed by atoms with Crippen molar-refractivity contribution < 1.29 is 24.2 Å². The second kappa shape index (κ2) is 6.97. The van der Waals surface area contributed by atoms with Crippen molar-refractivity contribution in [1.82, 2.24) is 5.32 Å². The van der Waals surface area contributed by atoms with Gasteiger partial charge in [0.25, 0.3) is 5.91 Å². The maximum atomic E-state index is 12.1. The Labute approximate surface area is 123 Å². The number of unbranched alkanes of at least 4 members (excludes halogenated alkanes) is 1. The lowest BCUT2D eigenvalue weighted by atomic mass is 10.1. The molecule has 0 fully saturated rings. The third-order valence-corrected chi connectivity index (χ3v) is 3.25. The van der Waals surface area contributed by atoms with E-state index in [9.17, 15) is 9.59 Å². The molecule has 21 heavy (non-hydrogen) atoms. The van der Waals surface area contributed by atoms with E-state index in [2.05, 4.69) is 5.32 Å². The summed E-state index contributed by atoms with van der Waals surface area (Å²) in [6.45, 7) is 2.89. The fourth-order valence-electron chi connectivity index (χ4n) is 2.09. The molecule has 0 aromatic heterocycles. The van der Waals surface area contributed by atoms with E-state index in [0.717, 1.165) is 12.8 Å². The summed E-state index contributed by atoms with van der Waals surface area (Å²) in [6.07, 6.45) is 2.05. The SMILES string of the molecule is CCCC[C@@H](NC(=O)c1ccc2c(c1)OCCO2)C(=O)O. The number of rotatable bonds is 6. The molecule has 0 bridgehead atoms. The van der Waals surface area contributed by atoms with Crippen LogP contribution in [0.2, 0.25) is 0 Å². The standard InChI is InChI=1S/C15H19NO5/c1-2-3-4-11(15(18)19)16-14(17)10-5-6-12-13(9-10)21-8-7-20-12/h5-6,9,11H,2-4,7-8H2,1H3,(H,16,17)(H,18,19)/t11-/m1/s1. The Hall–Kier alpha value is -2.24. The maximum absolute atomic E-state index is 12.1. The summed E-state index contributed by atoms with van der Waals surface area (Å²) in [5.41, 5.74) is 0.363. The number of hydrogen-bond donors (Lipinski definition) is 2. The van der Waals surface area contributed by atoms with Crippen molar-refractivity contribution in [2.24, 2.45) is 0 Å². The van der Waals surface area contributed by atoms with Crippen LogP contribution in [0.1, 0.15) is 36.5 Å². The van der Waals surface area contributed by atoms with Crippen LogP contribution in [0.4, 0.5) is 0 Å². The van der Waals surface area contributed by atoms with Crippen LogP contribution in [0.5, 0.6) is 11.5 Å². The van der Waals surface area contributed by atoms with Crippen molar-refractivity contribution in [3.05, 3.63) is 23.8 Å². The fourth-order valence-corrected chi connectivity index (χ4v) is 2.09. The Morgan fingerprint density at radius 2 is 2.00 bits per heavy atom. The summed E-state index contributed by atoms with van der Waals surface area (Å²) >= 11 is 0. The Morgan fingerprint density at radius 3 is 2.67 bits per heavy atom. The summed E-state index contributed by atoms with van der Waals surface area (Å²) < 4.78 is 10.8. The van der Waals surface area contributed by atoms with Crippen LogP contribution in [-0.4, -0.2) is 36.2 Å². The van der Waals surface area contributed by atoms with Gasteiger partial charge in [-0.3, -0.25) is 4.79 Å². The number of carboxylic acid groups (broad SMARTS) is 1. The molecule has 1 atom stereocenters.